The van der Waals surface area contributed by atoms with E-state index < -0.39 is 9.84 Å². The summed E-state index contributed by atoms with van der Waals surface area (Å²) in [4.78, 5) is 4.71. The number of halogens is 1. The molecule has 0 N–H and O–H groups in total. The van der Waals surface area contributed by atoms with Crippen LogP contribution in [0.15, 0.2) is 47.4 Å². The molecule has 2 aromatic rings. The lowest BCUT2D eigenvalue weighted by Crippen LogP contribution is -2.52. The molecule has 0 aromatic heterocycles. The number of hydrogen-bond acceptors (Lipinski definition) is 6. The Balaban J connectivity index is 1.57. The molecule has 1 heterocycles. The molecule has 1 fully saturated rings. The average molecular weight is 430 g/mol. The Morgan fingerprint density at radius 3 is 2.47 bits per heavy atom. The Morgan fingerprint density at radius 2 is 1.83 bits per heavy atom. The standard InChI is InChI=1S/C22H24FN3O3S/c1-30(27,28)19-6-4-18(5-7-19)29-22-20-15-17(23)3-2-16(20)14-21(22)26-12-10-25(9-8-24)11-13-26/h2-7,15,21-22H,9-14H2,1H3. The molecule has 2 aliphatic rings. The first kappa shape index (κ1) is 20.8. The van der Waals surface area contributed by atoms with Crippen LogP contribution in [0.25, 0.3) is 0 Å². The Kier molecular flexibility index (Phi) is 5.78. The van der Waals surface area contributed by atoms with Gasteiger partial charge in [0.15, 0.2) is 9.84 Å². The Bertz CT molecular complexity index is 1060. The lowest BCUT2D eigenvalue weighted by atomic mass is 10.1. The summed E-state index contributed by atoms with van der Waals surface area (Å²) >= 11 is 0. The van der Waals surface area contributed by atoms with E-state index in [1.807, 2.05) is 6.07 Å². The molecule has 4 rings (SSSR count). The smallest absolute Gasteiger partial charge is 0.175 e. The number of hydrogen-bond donors (Lipinski definition) is 0. The van der Waals surface area contributed by atoms with Gasteiger partial charge >= 0.3 is 0 Å². The first-order valence-corrected chi connectivity index (χ1v) is 11.8. The van der Waals surface area contributed by atoms with Crippen molar-refractivity contribution in [2.45, 2.75) is 23.5 Å². The molecule has 1 aliphatic carbocycles. The van der Waals surface area contributed by atoms with Gasteiger partial charge in [-0.05, 0) is 48.4 Å². The molecule has 0 radical (unpaired) electrons. The first-order chi connectivity index (χ1) is 14.3. The minimum atomic E-state index is -3.28. The maximum absolute atomic E-state index is 14.0. The third-order valence-electron chi connectivity index (χ3n) is 5.88. The van der Waals surface area contributed by atoms with E-state index in [0.717, 1.165) is 43.7 Å². The van der Waals surface area contributed by atoms with Crippen molar-refractivity contribution in [3.63, 3.8) is 0 Å². The van der Waals surface area contributed by atoms with E-state index in [-0.39, 0.29) is 22.9 Å². The molecule has 1 aliphatic heterocycles. The highest BCUT2D eigenvalue weighted by Crippen LogP contribution is 2.39. The normalized spacial score (nSPS) is 22.4. The minimum absolute atomic E-state index is 0.0561. The minimum Gasteiger partial charge on any atom is -0.484 e. The van der Waals surface area contributed by atoms with Crippen molar-refractivity contribution in [1.82, 2.24) is 9.80 Å². The summed E-state index contributed by atoms with van der Waals surface area (Å²) in [5, 5.41) is 8.92. The van der Waals surface area contributed by atoms with Gasteiger partial charge in [0.2, 0.25) is 0 Å². The van der Waals surface area contributed by atoms with E-state index in [2.05, 4.69) is 15.9 Å². The number of nitrogens with zero attached hydrogens (tertiary/aromatic N) is 3. The van der Waals surface area contributed by atoms with Crippen molar-refractivity contribution in [3.8, 4) is 11.8 Å². The highest BCUT2D eigenvalue weighted by molar-refractivity contribution is 7.90. The van der Waals surface area contributed by atoms with E-state index in [1.165, 1.54) is 30.5 Å². The van der Waals surface area contributed by atoms with Crippen LogP contribution < -0.4 is 4.74 Å². The fourth-order valence-electron chi connectivity index (χ4n) is 4.28. The van der Waals surface area contributed by atoms with Crippen LogP contribution in [-0.4, -0.2) is 63.2 Å². The second-order valence-electron chi connectivity index (χ2n) is 7.87. The topological polar surface area (TPSA) is 73.6 Å². The summed E-state index contributed by atoms with van der Waals surface area (Å²) in [7, 11) is -3.28. The molecule has 2 unspecified atom stereocenters. The van der Waals surface area contributed by atoms with E-state index in [4.69, 9.17) is 10.00 Å². The molecular formula is C22H24FN3O3S. The largest absolute Gasteiger partial charge is 0.484 e. The molecule has 2 aromatic carbocycles. The van der Waals surface area contributed by atoms with Gasteiger partial charge < -0.3 is 4.74 Å². The van der Waals surface area contributed by atoms with Gasteiger partial charge in [0.05, 0.1) is 23.6 Å². The summed E-state index contributed by atoms with van der Waals surface area (Å²) in [6.45, 7) is 3.68. The van der Waals surface area contributed by atoms with Gasteiger partial charge in [-0.3, -0.25) is 9.80 Å². The van der Waals surface area contributed by atoms with Crippen molar-refractivity contribution in [2.24, 2.45) is 0 Å². The Labute approximate surface area is 176 Å². The van der Waals surface area contributed by atoms with Crippen LogP contribution in [-0.2, 0) is 16.3 Å². The molecule has 0 spiro atoms. The van der Waals surface area contributed by atoms with Crippen LogP contribution in [0.2, 0.25) is 0 Å². The number of nitriles is 1. The van der Waals surface area contributed by atoms with E-state index >= 15 is 0 Å². The van der Waals surface area contributed by atoms with Gasteiger partial charge in [0.25, 0.3) is 0 Å². The second-order valence-corrected chi connectivity index (χ2v) is 9.88. The highest BCUT2D eigenvalue weighted by atomic mass is 32.2. The van der Waals surface area contributed by atoms with E-state index in [0.29, 0.717) is 12.3 Å². The third-order valence-corrected chi connectivity index (χ3v) is 7.01. The van der Waals surface area contributed by atoms with Gasteiger partial charge in [-0.1, -0.05) is 6.07 Å². The first-order valence-electron chi connectivity index (χ1n) is 9.93. The zero-order valence-electron chi connectivity index (χ0n) is 16.8. The van der Waals surface area contributed by atoms with Crippen LogP contribution >= 0.6 is 0 Å². The molecule has 1 saturated heterocycles. The number of sulfone groups is 1. The van der Waals surface area contributed by atoms with Crippen molar-refractivity contribution in [2.75, 3.05) is 39.0 Å². The van der Waals surface area contributed by atoms with Gasteiger partial charge in [-0.2, -0.15) is 5.26 Å². The molecule has 2 atom stereocenters. The molecule has 0 bridgehead atoms. The molecule has 30 heavy (non-hydrogen) atoms. The highest BCUT2D eigenvalue weighted by Gasteiger charge is 2.39. The van der Waals surface area contributed by atoms with Crippen molar-refractivity contribution in [1.29, 1.82) is 5.26 Å². The van der Waals surface area contributed by atoms with E-state index in [9.17, 15) is 12.8 Å². The average Bonchev–Trinajstić information content (AvgIpc) is 3.06. The molecule has 0 amide bonds. The number of ether oxygens (including phenoxy) is 1. The molecule has 158 valence electrons. The summed E-state index contributed by atoms with van der Waals surface area (Å²) < 4.78 is 43.7. The quantitative estimate of drug-likeness (QED) is 0.680. The van der Waals surface area contributed by atoms with Gasteiger partial charge in [-0.15, -0.1) is 0 Å². The second kappa shape index (κ2) is 8.34. The Morgan fingerprint density at radius 1 is 1.13 bits per heavy atom. The summed E-state index contributed by atoms with van der Waals surface area (Å²) in [5.41, 5.74) is 1.91. The number of benzene rings is 2. The summed E-state index contributed by atoms with van der Waals surface area (Å²) in [6.07, 6.45) is 1.59. The number of piperazine rings is 1. The number of rotatable bonds is 5. The predicted molar refractivity (Wildman–Crippen MR) is 110 cm³/mol. The monoisotopic (exact) mass is 429 g/mol. The van der Waals surface area contributed by atoms with E-state index in [1.54, 1.807) is 12.1 Å². The van der Waals surface area contributed by atoms with Crippen LogP contribution in [0.3, 0.4) is 0 Å². The predicted octanol–water partition coefficient (Wildman–Crippen LogP) is 2.42. The van der Waals surface area contributed by atoms with Gasteiger partial charge in [0.1, 0.15) is 17.7 Å². The number of fused-ring (bicyclic) bond motifs is 1. The van der Waals surface area contributed by atoms with Crippen LogP contribution in [0.5, 0.6) is 5.75 Å². The lowest BCUT2D eigenvalue weighted by Gasteiger charge is -2.39. The van der Waals surface area contributed by atoms with Crippen molar-refractivity contribution in [3.05, 3.63) is 59.4 Å². The lowest BCUT2D eigenvalue weighted by molar-refractivity contribution is 0.0422. The zero-order valence-corrected chi connectivity index (χ0v) is 17.6. The van der Waals surface area contributed by atoms with Crippen molar-refractivity contribution >= 4 is 9.84 Å². The summed E-state index contributed by atoms with van der Waals surface area (Å²) in [5.74, 6) is 0.256. The molecule has 8 heteroatoms. The van der Waals surface area contributed by atoms with Crippen LogP contribution in [0.1, 0.15) is 17.2 Å². The van der Waals surface area contributed by atoms with Crippen molar-refractivity contribution < 1.29 is 17.5 Å². The summed E-state index contributed by atoms with van der Waals surface area (Å²) in [6, 6.07) is 13.4. The maximum Gasteiger partial charge on any atom is 0.175 e. The van der Waals surface area contributed by atoms with Crippen LogP contribution in [0, 0.1) is 17.1 Å². The molecule has 6 nitrogen and oxygen atoms in total. The Hall–Kier alpha value is -2.47. The van der Waals surface area contributed by atoms with Gasteiger partial charge in [0, 0.05) is 38.0 Å². The zero-order chi connectivity index (χ0) is 21.3. The fraction of sp³-hybridized carbons (Fsp3) is 0.409. The molecule has 0 saturated carbocycles. The maximum atomic E-state index is 14.0. The SMILES string of the molecule is CS(=O)(=O)c1ccc(OC2c3cc(F)ccc3CC2N2CCN(CC#N)CC2)cc1. The fourth-order valence-corrected chi connectivity index (χ4v) is 4.91. The third kappa shape index (κ3) is 4.33. The molecular weight excluding hydrogens is 405 g/mol. The van der Waals surface area contributed by atoms with Gasteiger partial charge in [-0.25, -0.2) is 12.8 Å². The van der Waals surface area contributed by atoms with Crippen LogP contribution in [0.4, 0.5) is 4.39 Å².